The summed E-state index contributed by atoms with van der Waals surface area (Å²) < 4.78 is 5.91. The summed E-state index contributed by atoms with van der Waals surface area (Å²) in [6.45, 7) is 2.25. The van der Waals surface area contributed by atoms with E-state index in [-0.39, 0.29) is 0 Å². The molecule has 1 aliphatic heterocycles. The largest absolute Gasteiger partial charge is 0.478 e. The second-order valence-electron chi connectivity index (χ2n) is 6.20. The van der Waals surface area contributed by atoms with Crippen LogP contribution in [0.5, 0.6) is 0 Å². The molecule has 1 N–H and O–H groups in total. The van der Waals surface area contributed by atoms with Crippen molar-refractivity contribution in [2.45, 2.75) is 96.2 Å². The lowest BCUT2D eigenvalue weighted by Gasteiger charge is -2.36. The number of rotatable bonds is 13. The molecule has 1 saturated heterocycles. The molecule has 21 heavy (non-hydrogen) atoms. The van der Waals surface area contributed by atoms with Crippen LogP contribution in [-0.2, 0) is 9.53 Å². The van der Waals surface area contributed by atoms with Crippen molar-refractivity contribution in [2.75, 3.05) is 0 Å². The summed E-state index contributed by atoms with van der Waals surface area (Å²) in [4.78, 5) is 10.3. The average Bonchev–Trinajstić information content (AvgIpc) is 2.41. The molecular formula is C18H32O3. The first-order valence-electron chi connectivity index (χ1n) is 8.77. The lowest BCUT2D eigenvalue weighted by molar-refractivity contribution is -0.131. The SMILES string of the molecule is CCCCCCCC1CC(CCCCC/C=C\C(=O)O)O1. The van der Waals surface area contributed by atoms with E-state index in [1.54, 1.807) is 6.08 Å². The minimum atomic E-state index is -0.849. The van der Waals surface area contributed by atoms with E-state index >= 15 is 0 Å². The maximum Gasteiger partial charge on any atom is 0.327 e. The van der Waals surface area contributed by atoms with Gasteiger partial charge in [0.15, 0.2) is 0 Å². The lowest BCUT2D eigenvalue weighted by Crippen LogP contribution is -2.37. The number of allylic oxidation sites excluding steroid dienone is 1. The molecule has 0 aromatic rings. The van der Waals surface area contributed by atoms with Gasteiger partial charge in [-0.3, -0.25) is 0 Å². The number of carboxylic acids is 1. The molecule has 2 unspecified atom stereocenters. The van der Waals surface area contributed by atoms with Crippen LogP contribution in [0.1, 0.15) is 84.0 Å². The van der Waals surface area contributed by atoms with Crippen molar-refractivity contribution in [3.8, 4) is 0 Å². The Morgan fingerprint density at radius 3 is 2.19 bits per heavy atom. The summed E-state index contributed by atoms with van der Waals surface area (Å²) in [7, 11) is 0. The van der Waals surface area contributed by atoms with E-state index in [4.69, 9.17) is 9.84 Å². The summed E-state index contributed by atoms with van der Waals surface area (Å²) in [5.74, 6) is -0.849. The van der Waals surface area contributed by atoms with Crippen LogP contribution in [-0.4, -0.2) is 23.3 Å². The number of carboxylic acid groups (broad SMARTS) is 1. The molecule has 1 heterocycles. The normalized spacial score (nSPS) is 21.6. The molecule has 3 nitrogen and oxygen atoms in total. The topological polar surface area (TPSA) is 46.5 Å². The molecule has 0 aliphatic carbocycles. The fourth-order valence-corrected chi connectivity index (χ4v) is 2.90. The van der Waals surface area contributed by atoms with E-state index < -0.39 is 5.97 Å². The van der Waals surface area contributed by atoms with Gasteiger partial charge in [-0.1, -0.05) is 57.9 Å². The lowest BCUT2D eigenvalue weighted by atomic mass is 9.95. The minimum absolute atomic E-state index is 0.500. The quantitative estimate of drug-likeness (QED) is 0.380. The van der Waals surface area contributed by atoms with Crippen molar-refractivity contribution >= 4 is 5.97 Å². The monoisotopic (exact) mass is 296 g/mol. The van der Waals surface area contributed by atoms with Gasteiger partial charge in [-0.15, -0.1) is 0 Å². The summed E-state index contributed by atoms with van der Waals surface area (Å²) in [6.07, 6.45) is 18.8. The predicted molar refractivity (Wildman–Crippen MR) is 86.5 cm³/mol. The second kappa shape index (κ2) is 11.8. The van der Waals surface area contributed by atoms with Gasteiger partial charge in [0.2, 0.25) is 0 Å². The van der Waals surface area contributed by atoms with Gasteiger partial charge in [0.1, 0.15) is 0 Å². The van der Waals surface area contributed by atoms with Gasteiger partial charge < -0.3 is 9.84 Å². The molecule has 0 amide bonds. The highest BCUT2D eigenvalue weighted by Crippen LogP contribution is 2.29. The number of hydrogen-bond donors (Lipinski definition) is 1. The van der Waals surface area contributed by atoms with Crippen molar-refractivity contribution in [1.29, 1.82) is 0 Å². The highest BCUT2D eigenvalue weighted by molar-refractivity contribution is 5.79. The molecule has 0 bridgehead atoms. The van der Waals surface area contributed by atoms with E-state index in [0.717, 1.165) is 12.8 Å². The first-order chi connectivity index (χ1) is 10.2. The number of hydrogen-bond acceptors (Lipinski definition) is 2. The Morgan fingerprint density at radius 2 is 1.62 bits per heavy atom. The van der Waals surface area contributed by atoms with Crippen LogP contribution in [0.3, 0.4) is 0 Å². The molecule has 1 rings (SSSR count). The highest BCUT2D eigenvalue weighted by atomic mass is 16.5. The smallest absolute Gasteiger partial charge is 0.327 e. The van der Waals surface area contributed by atoms with E-state index in [9.17, 15) is 4.79 Å². The van der Waals surface area contributed by atoms with Crippen molar-refractivity contribution in [1.82, 2.24) is 0 Å². The van der Waals surface area contributed by atoms with Gasteiger partial charge in [0.25, 0.3) is 0 Å². The molecular weight excluding hydrogens is 264 g/mol. The van der Waals surface area contributed by atoms with Crippen LogP contribution >= 0.6 is 0 Å². The predicted octanol–water partition coefficient (Wildman–Crippen LogP) is 5.10. The third-order valence-electron chi connectivity index (χ3n) is 4.20. The van der Waals surface area contributed by atoms with E-state index in [1.807, 2.05) is 0 Å². The molecule has 0 radical (unpaired) electrons. The molecule has 0 spiro atoms. The molecule has 1 aliphatic rings. The van der Waals surface area contributed by atoms with Gasteiger partial charge in [0, 0.05) is 6.08 Å². The van der Waals surface area contributed by atoms with Gasteiger partial charge in [0.05, 0.1) is 12.2 Å². The van der Waals surface area contributed by atoms with Gasteiger partial charge in [-0.25, -0.2) is 4.79 Å². The van der Waals surface area contributed by atoms with Crippen molar-refractivity contribution < 1.29 is 14.6 Å². The summed E-state index contributed by atoms with van der Waals surface area (Å²) >= 11 is 0. The molecule has 0 aromatic carbocycles. The van der Waals surface area contributed by atoms with Crippen molar-refractivity contribution in [3.05, 3.63) is 12.2 Å². The average molecular weight is 296 g/mol. The number of carbonyl (C=O) groups is 1. The van der Waals surface area contributed by atoms with Crippen LogP contribution in [0.2, 0.25) is 0 Å². The van der Waals surface area contributed by atoms with Gasteiger partial charge in [-0.05, 0) is 32.1 Å². The summed E-state index contributed by atoms with van der Waals surface area (Å²) in [5.41, 5.74) is 0. The summed E-state index contributed by atoms with van der Waals surface area (Å²) in [5, 5.41) is 8.45. The molecule has 0 saturated carbocycles. The third-order valence-corrected chi connectivity index (χ3v) is 4.20. The number of aliphatic carboxylic acids is 1. The molecule has 2 atom stereocenters. The Labute approximate surface area is 129 Å². The zero-order chi connectivity index (χ0) is 15.3. The summed E-state index contributed by atoms with van der Waals surface area (Å²) in [6, 6.07) is 0. The Kier molecular flexibility index (Phi) is 10.2. The molecule has 1 fully saturated rings. The third kappa shape index (κ3) is 9.67. The Hall–Kier alpha value is -0.830. The Bertz CT molecular complexity index is 293. The molecule has 0 aromatic heterocycles. The van der Waals surface area contributed by atoms with Crippen LogP contribution in [0.4, 0.5) is 0 Å². The second-order valence-corrected chi connectivity index (χ2v) is 6.20. The van der Waals surface area contributed by atoms with Crippen LogP contribution < -0.4 is 0 Å². The standard InChI is InChI=1S/C18H32O3/c1-2-3-4-6-9-12-16-15-17(21-16)13-10-7-5-8-11-14-18(19)20/h11,14,16-17H,2-10,12-13,15H2,1H3,(H,19,20)/b14-11-. The molecule has 122 valence electrons. The first-order valence-corrected chi connectivity index (χ1v) is 8.77. The van der Waals surface area contributed by atoms with Gasteiger partial charge in [-0.2, -0.15) is 0 Å². The number of unbranched alkanes of at least 4 members (excludes halogenated alkanes) is 7. The van der Waals surface area contributed by atoms with E-state index in [0.29, 0.717) is 12.2 Å². The van der Waals surface area contributed by atoms with Crippen LogP contribution in [0.15, 0.2) is 12.2 Å². The first kappa shape index (κ1) is 18.2. The maximum absolute atomic E-state index is 10.3. The van der Waals surface area contributed by atoms with Crippen molar-refractivity contribution in [2.24, 2.45) is 0 Å². The maximum atomic E-state index is 10.3. The Balaban J connectivity index is 1.82. The van der Waals surface area contributed by atoms with E-state index in [1.165, 1.54) is 70.3 Å². The number of ether oxygens (including phenoxy) is 1. The van der Waals surface area contributed by atoms with E-state index in [2.05, 4.69) is 6.92 Å². The van der Waals surface area contributed by atoms with Crippen molar-refractivity contribution in [3.63, 3.8) is 0 Å². The Morgan fingerprint density at radius 1 is 1.05 bits per heavy atom. The zero-order valence-corrected chi connectivity index (χ0v) is 13.6. The zero-order valence-electron chi connectivity index (χ0n) is 13.6. The molecule has 3 heteroatoms. The van der Waals surface area contributed by atoms with Crippen LogP contribution in [0.25, 0.3) is 0 Å². The fourth-order valence-electron chi connectivity index (χ4n) is 2.90. The minimum Gasteiger partial charge on any atom is -0.478 e. The van der Waals surface area contributed by atoms with Crippen LogP contribution in [0, 0.1) is 0 Å². The fraction of sp³-hybridized carbons (Fsp3) is 0.833. The highest BCUT2D eigenvalue weighted by Gasteiger charge is 2.28. The van der Waals surface area contributed by atoms with Gasteiger partial charge >= 0.3 is 5.97 Å².